The SMILES string of the molecule is Cc1ccc(C(=O)N=C2C=CC3C(=C2)NC(=O)C=C3C(C)(C)C)cc1[N+](=O)[O-]. The van der Waals surface area contributed by atoms with Crippen LogP contribution < -0.4 is 5.32 Å². The number of aryl methyl sites for hydroxylation is 1. The molecular formula is C21H21N3O4. The van der Waals surface area contributed by atoms with Gasteiger partial charge in [0.25, 0.3) is 11.6 Å². The molecule has 1 unspecified atom stereocenters. The van der Waals surface area contributed by atoms with Crippen LogP contribution in [0.3, 0.4) is 0 Å². The Balaban J connectivity index is 1.91. The number of aliphatic imine (C=N–C) groups is 1. The molecule has 7 nitrogen and oxygen atoms in total. The summed E-state index contributed by atoms with van der Waals surface area (Å²) in [4.78, 5) is 39.1. The van der Waals surface area contributed by atoms with Crippen LogP contribution in [0.4, 0.5) is 5.69 Å². The molecule has 0 spiro atoms. The van der Waals surface area contributed by atoms with Gasteiger partial charge in [0, 0.05) is 34.9 Å². The summed E-state index contributed by atoms with van der Waals surface area (Å²) in [5.74, 6) is -0.860. The van der Waals surface area contributed by atoms with Crippen molar-refractivity contribution in [1.29, 1.82) is 0 Å². The van der Waals surface area contributed by atoms with E-state index in [0.717, 1.165) is 5.57 Å². The number of allylic oxidation sites excluding steroid dienone is 3. The van der Waals surface area contributed by atoms with Crippen molar-refractivity contribution in [1.82, 2.24) is 5.32 Å². The van der Waals surface area contributed by atoms with Crippen LogP contribution in [0.1, 0.15) is 36.7 Å². The standard InChI is InChI=1S/C21H21N3O4/c1-12-5-6-13(9-18(12)24(27)28)20(26)22-14-7-8-15-16(21(2,3)4)11-19(25)23-17(15)10-14/h5-11,15H,1-4H3,(H,23,25). The Bertz CT molecular complexity index is 1010. The van der Waals surface area contributed by atoms with Gasteiger partial charge in [0.1, 0.15) is 0 Å². The molecule has 1 aliphatic carbocycles. The summed E-state index contributed by atoms with van der Waals surface area (Å²) in [7, 11) is 0. The van der Waals surface area contributed by atoms with Gasteiger partial charge in [-0.1, -0.05) is 32.9 Å². The quantitative estimate of drug-likeness (QED) is 0.626. The van der Waals surface area contributed by atoms with Crippen LogP contribution >= 0.6 is 0 Å². The van der Waals surface area contributed by atoms with E-state index in [2.05, 4.69) is 10.3 Å². The number of hydrogen-bond acceptors (Lipinski definition) is 4. The Morgan fingerprint density at radius 3 is 2.61 bits per heavy atom. The fourth-order valence-electron chi connectivity index (χ4n) is 3.26. The highest BCUT2D eigenvalue weighted by atomic mass is 16.6. The minimum atomic E-state index is -0.577. The van der Waals surface area contributed by atoms with Crippen LogP contribution in [0.5, 0.6) is 0 Å². The highest BCUT2D eigenvalue weighted by molar-refractivity contribution is 6.14. The molecule has 0 saturated carbocycles. The van der Waals surface area contributed by atoms with Crippen LogP contribution in [-0.4, -0.2) is 22.4 Å². The zero-order chi connectivity index (χ0) is 20.6. The van der Waals surface area contributed by atoms with E-state index >= 15 is 0 Å². The number of amides is 2. The van der Waals surface area contributed by atoms with E-state index in [0.29, 0.717) is 17.0 Å². The lowest BCUT2D eigenvalue weighted by atomic mass is 9.74. The van der Waals surface area contributed by atoms with Gasteiger partial charge in [0.05, 0.1) is 10.6 Å². The van der Waals surface area contributed by atoms with Gasteiger partial charge >= 0.3 is 0 Å². The predicted octanol–water partition coefficient (Wildman–Crippen LogP) is 3.66. The average molecular weight is 379 g/mol. The molecule has 0 aromatic heterocycles. The zero-order valence-corrected chi connectivity index (χ0v) is 16.1. The molecule has 3 rings (SSSR count). The van der Waals surface area contributed by atoms with Crippen molar-refractivity contribution in [3.63, 3.8) is 0 Å². The van der Waals surface area contributed by atoms with Crippen LogP contribution in [0.2, 0.25) is 0 Å². The molecule has 28 heavy (non-hydrogen) atoms. The molecule has 1 atom stereocenters. The summed E-state index contributed by atoms with van der Waals surface area (Å²) in [6.07, 6.45) is 6.91. The van der Waals surface area contributed by atoms with Crippen LogP contribution in [0, 0.1) is 28.4 Å². The first-order valence-electron chi connectivity index (χ1n) is 8.87. The Hall–Kier alpha value is -3.35. The normalized spacial score (nSPS) is 20.2. The number of hydrogen-bond donors (Lipinski definition) is 1. The van der Waals surface area contributed by atoms with Gasteiger partial charge in [-0.3, -0.25) is 19.7 Å². The number of nitrogens with zero attached hydrogens (tertiary/aromatic N) is 2. The maximum Gasteiger partial charge on any atom is 0.277 e. The summed E-state index contributed by atoms with van der Waals surface area (Å²) in [5.41, 5.74) is 2.35. The largest absolute Gasteiger partial charge is 0.325 e. The first kappa shape index (κ1) is 19.4. The maximum atomic E-state index is 12.5. The number of carbonyl (C=O) groups is 2. The van der Waals surface area contributed by atoms with Gasteiger partial charge in [-0.05, 0) is 36.1 Å². The van der Waals surface area contributed by atoms with Crippen LogP contribution in [0.25, 0.3) is 0 Å². The summed E-state index contributed by atoms with van der Waals surface area (Å²) >= 11 is 0. The molecule has 2 amide bonds. The molecule has 0 saturated heterocycles. The molecule has 1 N–H and O–H groups in total. The van der Waals surface area contributed by atoms with Crippen molar-refractivity contribution in [2.24, 2.45) is 16.3 Å². The lowest BCUT2D eigenvalue weighted by molar-refractivity contribution is -0.385. The second-order valence-electron chi connectivity index (χ2n) is 7.88. The fourth-order valence-corrected chi connectivity index (χ4v) is 3.26. The molecule has 1 aliphatic heterocycles. The molecule has 0 radical (unpaired) electrons. The molecule has 2 aliphatic rings. The van der Waals surface area contributed by atoms with E-state index in [9.17, 15) is 19.7 Å². The fraction of sp³-hybridized carbons (Fsp3) is 0.286. The van der Waals surface area contributed by atoms with Crippen molar-refractivity contribution < 1.29 is 14.5 Å². The number of nitrogens with one attached hydrogen (secondary N) is 1. The molecule has 1 aromatic carbocycles. The number of nitro benzene ring substituents is 1. The Morgan fingerprint density at radius 1 is 1.25 bits per heavy atom. The minimum absolute atomic E-state index is 0.0767. The smallest absolute Gasteiger partial charge is 0.277 e. The summed E-state index contributed by atoms with van der Waals surface area (Å²) in [5, 5.41) is 13.9. The predicted molar refractivity (Wildman–Crippen MR) is 106 cm³/mol. The first-order chi connectivity index (χ1) is 13.1. The van der Waals surface area contributed by atoms with Crippen LogP contribution in [-0.2, 0) is 4.79 Å². The molecule has 7 heteroatoms. The Morgan fingerprint density at radius 2 is 1.96 bits per heavy atom. The third-order valence-corrected chi connectivity index (χ3v) is 4.74. The topological polar surface area (TPSA) is 102 Å². The monoisotopic (exact) mass is 379 g/mol. The highest BCUT2D eigenvalue weighted by Crippen LogP contribution is 2.38. The van der Waals surface area contributed by atoms with Gasteiger partial charge in [-0.15, -0.1) is 0 Å². The number of rotatable bonds is 2. The van der Waals surface area contributed by atoms with E-state index in [-0.39, 0.29) is 28.5 Å². The summed E-state index contributed by atoms with van der Waals surface area (Å²) in [6.45, 7) is 7.74. The average Bonchev–Trinajstić information content (AvgIpc) is 2.60. The highest BCUT2D eigenvalue weighted by Gasteiger charge is 2.32. The number of nitro groups is 1. The number of fused-ring (bicyclic) bond motifs is 1. The van der Waals surface area contributed by atoms with E-state index in [4.69, 9.17) is 0 Å². The number of benzene rings is 1. The van der Waals surface area contributed by atoms with Gasteiger partial charge in [-0.2, -0.15) is 0 Å². The van der Waals surface area contributed by atoms with Crippen molar-refractivity contribution in [3.05, 3.63) is 75.0 Å². The lowest BCUT2D eigenvalue weighted by Crippen LogP contribution is -2.36. The first-order valence-corrected chi connectivity index (χ1v) is 8.87. The number of carbonyl (C=O) groups excluding carboxylic acids is 2. The molecule has 1 aromatic rings. The summed E-state index contributed by atoms with van der Waals surface area (Å²) in [6, 6.07) is 4.27. The van der Waals surface area contributed by atoms with Gasteiger partial charge in [0.15, 0.2) is 0 Å². The van der Waals surface area contributed by atoms with E-state index in [1.165, 1.54) is 18.2 Å². The second kappa shape index (κ2) is 6.99. The van der Waals surface area contributed by atoms with E-state index in [1.54, 1.807) is 25.2 Å². The molecular weight excluding hydrogens is 358 g/mol. The van der Waals surface area contributed by atoms with Gasteiger partial charge < -0.3 is 5.32 Å². The molecule has 144 valence electrons. The van der Waals surface area contributed by atoms with Crippen molar-refractivity contribution in [2.45, 2.75) is 27.7 Å². The minimum Gasteiger partial charge on any atom is -0.325 e. The van der Waals surface area contributed by atoms with Gasteiger partial charge in [-0.25, -0.2) is 4.99 Å². The third-order valence-electron chi connectivity index (χ3n) is 4.74. The van der Waals surface area contributed by atoms with Gasteiger partial charge in [0.2, 0.25) is 5.91 Å². The Labute approximate surface area is 162 Å². The van der Waals surface area contributed by atoms with Crippen molar-refractivity contribution in [2.75, 3.05) is 0 Å². The summed E-state index contributed by atoms with van der Waals surface area (Å²) < 4.78 is 0. The van der Waals surface area contributed by atoms with Crippen molar-refractivity contribution in [3.8, 4) is 0 Å². The van der Waals surface area contributed by atoms with Crippen molar-refractivity contribution >= 4 is 23.2 Å². The van der Waals surface area contributed by atoms with E-state index < -0.39 is 10.8 Å². The second-order valence-corrected chi connectivity index (χ2v) is 7.88. The molecule has 0 bridgehead atoms. The molecule has 0 fully saturated rings. The molecule has 1 heterocycles. The maximum absolute atomic E-state index is 12.5. The van der Waals surface area contributed by atoms with Crippen LogP contribution in [0.15, 0.2) is 58.8 Å². The zero-order valence-electron chi connectivity index (χ0n) is 16.1. The third kappa shape index (κ3) is 3.83. The van der Waals surface area contributed by atoms with E-state index in [1.807, 2.05) is 26.8 Å². The Kier molecular flexibility index (Phi) is 4.85. The lowest BCUT2D eigenvalue weighted by Gasteiger charge is -2.34.